The number of aliphatic hydroxyl groups excluding tert-OH is 1. The number of rotatable bonds is 3. The molecular formula is C18H30N2O. The number of nitrogens with zero attached hydrogens (tertiary/aromatic N) is 2. The van der Waals surface area contributed by atoms with Crippen LogP contribution in [-0.2, 0) is 12.0 Å². The molecule has 2 unspecified atom stereocenters. The smallest absolute Gasteiger partial charge is 0.129 e. The van der Waals surface area contributed by atoms with Crippen molar-refractivity contribution in [3.05, 3.63) is 23.4 Å². The second-order valence-corrected chi connectivity index (χ2v) is 7.57. The van der Waals surface area contributed by atoms with Crippen molar-refractivity contribution in [1.82, 2.24) is 4.98 Å². The van der Waals surface area contributed by atoms with Gasteiger partial charge in [-0.25, -0.2) is 4.98 Å². The maximum absolute atomic E-state index is 9.55. The normalized spacial score (nSPS) is 23.1. The third kappa shape index (κ3) is 3.76. The summed E-state index contributed by atoms with van der Waals surface area (Å²) in [6, 6.07) is 4.63. The number of pyridine rings is 1. The fraction of sp³-hybridized carbons (Fsp3) is 0.722. The van der Waals surface area contributed by atoms with Crippen LogP contribution in [0.2, 0.25) is 0 Å². The van der Waals surface area contributed by atoms with Gasteiger partial charge in [0, 0.05) is 24.2 Å². The van der Waals surface area contributed by atoms with Crippen molar-refractivity contribution in [3.63, 3.8) is 0 Å². The molecule has 1 fully saturated rings. The first-order valence-electron chi connectivity index (χ1n) is 8.18. The first-order chi connectivity index (χ1) is 9.82. The van der Waals surface area contributed by atoms with Crippen LogP contribution < -0.4 is 4.90 Å². The zero-order valence-electron chi connectivity index (χ0n) is 14.2. The van der Waals surface area contributed by atoms with E-state index in [2.05, 4.69) is 39.6 Å². The Balaban J connectivity index is 2.33. The summed E-state index contributed by atoms with van der Waals surface area (Å²) in [6.07, 6.45) is 5.21. The Bertz CT molecular complexity index is 479. The molecule has 1 N–H and O–H groups in total. The van der Waals surface area contributed by atoms with Crippen LogP contribution in [0.15, 0.2) is 12.1 Å². The minimum Gasteiger partial charge on any atom is -0.392 e. The first-order valence-corrected chi connectivity index (χ1v) is 8.18. The molecule has 0 amide bonds. The summed E-state index contributed by atoms with van der Waals surface area (Å²) in [5.41, 5.74) is 2.01. The summed E-state index contributed by atoms with van der Waals surface area (Å²) in [4.78, 5) is 7.21. The van der Waals surface area contributed by atoms with Crippen LogP contribution in [0.5, 0.6) is 0 Å². The molecular weight excluding hydrogens is 260 g/mol. The van der Waals surface area contributed by atoms with Crippen LogP contribution in [0.4, 0.5) is 5.82 Å². The van der Waals surface area contributed by atoms with Gasteiger partial charge in [-0.1, -0.05) is 40.5 Å². The van der Waals surface area contributed by atoms with E-state index in [1.807, 2.05) is 12.1 Å². The predicted octanol–water partition coefficient (Wildman–Crippen LogP) is 3.89. The summed E-state index contributed by atoms with van der Waals surface area (Å²) >= 11 is 0. The highest BCUT2D eigenvalue weighted by Crippen LogP contribution is 2.31. The van der Waals surface area contributed by atoms with E-state index in [4.69, 9.17) is 4.98 Å². The van der Waals surface area contributed by atoms with E-state index in [0.29, 0.717) is 12.0 Å². The Morgan fingerprint density at radius 1 is 1.24 bits per heavy atom. The van der Waals surface area contributed by atoms with E-state index >= 15 is 0 Å². The summed E-state index contributed by atoms with van der Waals surface area (Å²) in [5, 5.41) is 9.55. The molecule has 0 aromatic carbocycles. The molecule has 0 aliphatic heterocycles. The second-order valence-electron chi connectivity index (χ2n) is 7.57. The molecule has 0 spiro atoms. The minimum absolute atomic E-state index is 0.00104. The van der Waals surface area contributed by atoms with Crippen LogP contribution in [0, 0.1) is 5.92 Å². The highest BCUT2D eigenvalue weighted by molar-refractivity contribution is 5.44. The SMILES string of the molecule is CC1CCCCC1N(C)c1cc(CO)cc(C(C)(C)C)n1. The van der Waals surface area contributed by atoms with Crippen LogP contribution in [0.3, 0.4) is 0 Å². The van der Waals surface area contributed by atoms with Crippen LogP contribution >= 0.6 is 0 Å². The van der Waals surface area contributed by atoms with Crippen molar-refractivity contribution >= 4 is 5.82 Å². The lowest BCUT2D eigenvalue weighted by Crippen LogP contribution is -2.39. The van der Waals surface area contributed by atoms with Crippen molar-refractivity contribution in [2.45, 2.75) is 71.4 Å². The van der Waals surface area contributed by atoms with E-state index in [-0.39, 0.29) is 12.0 Å². The van der Waals surface area contributed by atoms with Gasteiger partial charge in [0.25, 0.3) is 0 Å². The van der Waals surface area contributed by atoms with E-state index in [0.717, 1.165) is 17.1 Å². The molecule has 1 aromatic heterocycles. The lowest BCUT2D eigenvalue weighted by atomic mass is 9.85. The van der Waals surface area contributed by atoms with Gasteiger partial charge in [-0.3, -0.25) is 0 Å². The highest BCUT2D eigenvalue weighted by Gasteiger charge is 2.27. The van der Waals surface area contributed by atoms with E-state index in [1.165, 1.54) is 25.7 Å². The van der Waals surface area contributed by atoms with Gasteiger partial charge in [0.15, 0.2) is 0 Å². The summed E-state index contributed by atoms with van der Waals surface area (Å²) < 4.78 is 0. The zero-order chi connectivity index (χ0) is 15.6. The molecule has 1 aliphatic carbocycles. The van der Waals surface area contributed by atoms with Crippen LogP contribution in [0.25, 0.3) is 0 Å². The van der Waals surface area contributed by atoms with E-state index < -0.39 is 0 Å². The van der Waals surface area contributed by atoms with Crippen molar-refractivity contribution in [2.75, 3.05) is 11.9 Å². The average molecular weight is 290 g/mol. The van der Waals surface area contributed by atoms with Crippen LogP contribution in [-0.4, -0.2) is 23.2 Å². The summed E-state index contributed by atoms with van der Waals surface area (Å²) in [5.74, 6) is 1.71. The fourth-order valence-electron chi connectivity index (χ4n) is 3.27. The number of hydrogen-bond acceptors (Lipinski definition) is 3. The monoisotopic (exact) mass is 290 g/mol. The number of aromatic nitrogens is 1. The number of hydrogen-bond donors (Lipinski definition) is 1. The Morgan fingerprint density at radius 3 is 2.48 bits per heavy atom. The lowest BCUT2D eigenvalue weighted by molar-refractivity contribution is 0.281. The lowest BCUT2D eigenvalue weighted by Gasteiger charge is -2.37. The molecule has 0 saturated heterocycles. The van der Waals surface area contributed by atoms with Crippen molar-refractivity contribution in [2.24, 2.45) is 5.92 Å². The van der Waals surface area contributed by atoms with E-state index in [9.17, 15) is 5.11 Å². The second kappa shape index (κ2) is 6.35. The molecule has 1 aliphatic rings. The maximum atomic E-state index is 9.55. The molecule has 2 atom stereocenters. The van der Waals surface area contributed by atoms with Gasteiger partial charge in [-0.05, 0) is 36.5 Å². The standard InChI is InChI=1S/C18H30N2O/c1-13-8-6-7-9-15(13)20(5)17-11-14(12-21)10-16(19-17)18(2,3)4/h10-11,13,15,21H,6-9,12H2,1-5H3. The number of anilines is 1. The molecule has 118 valence electrons. The zero-order valence-corrected chi connectivity index (χ0v) is 14.2. The first kappa shape index (κ1) is 16.3. The molecule has 1 aromatic rings. The molecule has 1 saturated carbocycles. The molecule has 3 nitrogen and oxygen atoms in total. The fourth-order valence-corrected chi connectivity index (χ4v) is 3.27. The average Bonchev–Trinajstić information content (AvgIpc) is 2.45. The van der Waals surface area contributed by atoms with E-state index in [1.54, 1.807) is 0 Å². The molecule has 0 bridgehead atoms. The number of aliphatic hydroxyl groups is 1. The van der Waals surface area contributed by atoms with Gasteiger partial charge >= 0.3 is 0 Å². The Morgan fingerprint density at radius 2 is 1.90 bits per heavy atom. The molecule has 2 rings (SSSR count). The van der Waals surface area contributed by atoms with Gasteiger partial charge in [0.05, 0.1) is 6.61 Å². The quantitative estimate of drug-likeness (QED) is 0.917. The minimum atomic E-state index is -0.00104. The topological polar surface area (TPSA) is 36.4 Å². The van der Waals surface area contributed by atoms with Crippen molar-refractivity contribution < 1.29 is 5.11 Å². The molecule has 21 heavy (non-hydrogen) atoms. The maximum Gasteiger partial charge on any atom is 0.129 e. The van der Waals surface area contributed by atoms with Gasteiger partial charge in [-0.2, -0.15) is 0 Å². The van der Waals surface area contributed by atoms with Gasteiger partial charge in [0.1, 0.15) is 5.82 Å². The van der Waals surface area contributed by atoms with Crippen molar-refractivity contribution in [3.8, 4) is 0 Å². The predicted molar refractivity (Wildman–Crippen MR) is 88.7 cm³/mol. The van der Waals surface area contributed by atoms with Crippen molar-refractivity contribution in [1.29, 1.82) is 0 Å². The third-order valence-electron chi connectivity index (χ3n) is 4.75. The molecule has 3 heteroatoms. The Labute approximate surface area is 129 Å². The van der Waals surface area contributed by atoms with Gasteiger partial charge in [-0.15, -0.1) is 0 Å². The van der Waals surface area contributed by atoms with Gasteiger partial charge < -0.3 is 10.0 Å². The Hall–Kier alpha value is -1.09. The summed E-state index contributed by atoms with van der Waals surface area (Å²) in [6.45, 7) is 8.93. The largest absolute Gasteiger partial charge is 0.392 e. The van der Waals surface area contributed by atoms with Crippen LogP contribution in [0.1, 0.15) is 64.6 Å². The third-order valence-corrected chi connectivity index (χ3v) is 4.75. The Kier molecular flexibility index (Phi) is 4.92. The van der Waals surface area contributed by atoms with Gasteiger partial charge in [0.2, 0.25) is 0 Å². The molecule has 0 radical (unpaired) electrons. The molecule has 1 heterocycles. The highest BCUT2D eigenvalue weighted by atomic mass is 16.3. The summed E-state index contributed by atoms with van der Waals surface area (Å²) in [7, 11) is 2.16.